The van der Waals surface area contributed by atoms with E-state index in [0.717, 1.165) is 24.0 Å². The summed E-state index contributed by atoms with van der Waals surface area (Å²) in [5.74, 6) is -0.237. The zero-order chi connectivity index (χ0) is 17.0. The summed E-state index contributed by atoms with van der Waals surface area (Å²) in [6.45, 7) is 2.49. The van der Waals surface area contributed by atoms with E-state index in [1.165, 1.54) is 19.3 Å². The molecule has 2 heteroatoms. The molecule has 0 saturated heterocycles. The van der Waals surface area contributed by atoms with E-state index in [9.17, 15) is 4.79 Å². The molecule has 0 N–H and O–H groups in total. The fourth-order valence-corrected chi connectivity index (χ4v) is 2.63. The molecule has 0 unspecified atom stereocenters. The van der Waals surface area contributed by atoms with Crippen molar-refractivity contribution >= 4 is 12.0 Å². The standard InChI is InChI=1S/C22H26O2/c1-2-3-4-8-15-20-16-9-10-17-21(20)22(23)24-18-11-14-19-12-6-5-7-13-19/h5-7,9-14,16-17H,2-4,8,15,18H2,1H3/b14-11+. The summed E-state index contributed by atoms with van der Waals surface area (Å²) in [4.78, 5) is 12.3. The quantitative estimate of drug-likeness (QED) is 0.438. The number of unbranched alkanes of at least 4 members (excludes halogenated alkanes) is 3. The van der Waals surface area contributed by atoms with Crippen LogP contribution in [0.2, 0.25) is 0 Å². The second-order valence-corrected chi connectivity index (χ2v) is 5.88. The molecule has 0 saturated carbocycles. The maximum atomic E-state index is 12.3. The summed E-state index contributed by atoms with van der Waals surface area (Å²) >= 11 is 0. The van der Waals surface area contributed by atoms with Crippen molar-refractivity contribution < 1.29 is 9.53 Å². The number of carbonyl (C=O) groups excluding carboxylic acids is 1. The van der Waals surface area contributed by atoms with Crippen molar-refractivity contribution in [2.45, 2.75) is 39.0 Å². The summed E-state index contributed by atoms with van der Waals surface area (Å²) < 4.78 is 5.39. The Morgan fingerprint density at radius 1 is 0.958 bits per heavy atom. The van der Waals surface area contributed by atoms with E-state index >= 15 is 0 Å². The molecule has 2 aromatic carbocycles. The topological polar surface area (TPSA) is 26.3 Å². The molecule has 0 aliphatic heterocycles. The van der Waals surface area contributed by atoms with E-state index in [-0.39, 0.29) is 12.6 Å². The number of ether oxygens (including phenoxy) is 1. The largest absolute Gasteiger partial charge is 0.458 e. The highest BCUT2D eigenvalue weighted by Crippen LogP contribution is 2.14. The van der Waals surface area contributed by atoms with Crippen LogP contribution < -0.4 is 0 Å². The number of rotatable bonds is 9. The Labute approximate surface area is 145 Å². The van der Waals surface area contributed by atoms with Crippen molar-refractivity contribution in [3.05, 3.63) is 77.4 Å². The van der Waals surface area contributed by atoms with Gasteiger partial charge in [-0.15, -0.1) is 0 Å². The Morgan fingerprint density at radius 3 is 2.50 bits per heavy atom. The first-order valence-corrected chi connectivity index (χ1v) is 8.78. The molecule has 0 fully saturated rings. The average molecular weight is 322 g/mol. The van der Waals surface area contributed by atoms with Gasteiger partial charge in [0.15, 0.2) is 0 Å². The molecule has 0 aliphatic rings. The van der Waals surface area contributed by atoms with Crippen molar-refractivity contribution in [1.29, 1.82) is 0 Å². The van der Waals surface area contributed by atoms with Crippen LogP contribution in [0.25, 0.3) is 6.08 Å². The minimum atomic E-state index is -0.237. The smallest absolute Gasteiger partial charge is 0.338 e. The van der Waals surface area contributed by atoms with Crippen molar-refractivity contribution in [1.82, 2.24) is 0 Å². The van der Waals surface area contributed by atoms with E-state index in [1.807, 2.05) is 66.7 Å². The second-order valence-electron chi connectivity index (χ2n) is 5.88. The van der Waals surface area contributed by atoms with E-state index < -0.39 is 0 Å². The molecule has 126 valence electrons. The average Bonchev–Trinajstić information content (AvgIpc) is 2.63. The number of aryl methyl sites for hydroxylation is 1. The molecule has 0 aromatic heterocycles. The first kappa shape index (κ1) is 18.0. The van der Waals surface area contributed by atoms with Crippen LogP contribution in [0.15, 0.2) is 60.7 Å². The lowest BCUT2D eigenvalue weighted by Gasteiger charge is -2.08. The molecular formula is C22H26O2. The minimum absolute atomic E-state index is 0.237. The van der Waals surface area contributed by atoms with E-state index in [0.29, 0.717) is 5.56 Å². The Hall–Kier alpha value is -2.35. The molecular weight excluding hydrogens is 296 g/mol. The van der Waals surface area contributed by atoms with Crippen LogP contribution in [0.3, 0.4) is 0 Å². The summed E-state index contributed by atoms with van der Waals surface area (Å²) in [7, 11) is 0. The SMILES string of the molecule is CCCCCCc1ccccc1C(=O)OC/C=C/c1ccccc1. The lowest BCUT2D eigenvalue weighted by Crippen LogP contribution is -2.08. The molecule has 2 rings (SSSR count). The third kappa shape index (κ3) is 6.04. The van der Waals surface area contributed by atoms with Gasteiger partial charge >= 0.3 is 5.97 Å². The molecule has 24 heavy (non-hydrogen) atoms. The van der Waals surface area contributed by atoms with Crippen LogP contribution in [0.5, 0.6) is 0 Å². The third-order valence-electron chi connectivity index (χ3n) is 3.96. The Morgan fingerprint density at radius 2 is 1.71 bits per heavy atom. The number of carbonyl (C=O) groups is 1. The molecule has 0 heterocycles. The van der Waals surface area contributed by atoms with E-state index in [1.54, 1.807) is 0 Å². The number of esters is 1. The molecule has 0 spiro atoms. The normalized spacial score (nSPS) is 10.9. The van der Waals surface area contributed by atoms with Crippen LogP contribution >= 0.6 is 0 Å². The molecule has 0 bridgehead atoms. The second kappa shape index (κ2) is 10.4. The first-order valence-electron chi connectivity index (χ1n) is 8.78. The fraction of sp³-hybridized carbons (Fsp3) is 0.318. The minimum Gasteiger partial charge on any atom is -0.458 e. The van der Waals surface area contributed by atoms with Gasteiger partial charge in [-0.25, -0.2) is 4.79 Å². The van der Waals surface area contributed by atoms with Gasteiger partial charge in [0.2, 0.25) is 0 Å². The number of benzene rings is 2. The molecule has 0 aliphatic carbocycles. The van der Waals surface area contributed by atoms with Crippen molar-refractivity contribution in [2.75, 3.05) is 6.61 Å². The van der Waals surface area contributed by atoms with Gasteiger partial charge in [0.25, 0.3) is 0 Å². The molecule has 0 amide bonds. The maximum Gasteiger partial charge on any atom is 0.338 e. The van der Waals surface area contributed by atoms with Crippen LogP contribution in [-0.2, 0) is 11.2 Å². The summed E-state index contributed by atoms with van der Waals surface area (Å²) in [5, 5.41) is 0. The Balaban J connectivity index is 1.86. The Kier molecular flexibility index (Phi) is 7.82. The monoisotopic (exact) mass is 322 g/mol. The van der Waals surface area contributed by atoms with Gasteiger partial charge in [-0.3, -0.25) is 0 Å². The third-order valence-corrected chi connectivity index (χ3v) is 3.96. The predicted molar refractivity (Wildman–Crippen MR) is 100 cm³/mol. The lowest BCUT2D eigenvalue weighted by atomic mass is 10.0. The van der Waals surface area contributed by atoms with Gasteiger partial charge in [-0.05, 0) is 36.1 Å². The zero-order valence-corrected chi connectivity index (χ0v) is 14.4. The molecule has 2 nitrogen and oxygen atoms in total. The van der Waals surface area contributed by atoms with Crippen LogP contribution in [-0.4, -0.2) is 12.6 Å². The van der Waals surface area contributed by atoms with E-state index in [2.05, 4.69) is 6.92 Å². The highest BCUT2D eigenvalue weighted by molar-refractivity contribution is 5.91. The van der Waals surface area contributed by atoms with Gasteiger partial charge in [0, 0.05) is 0 Å². The lowest BCUT2D eigenvalue weighted by molar-refractivity contribution is 0.0549. The molecule has 2 aromatic rings. The van der Waals surface area contributed by atoms with Crippen LogP contribution in [0, 0.1) is 0 Å². The summed E-state index contributed by atoms with van der Waals surface area (Å²) in [5.41, 5.74) is 2.89. The molecule has 0 radical (unpaired) electrons. The fourth-order valence-electron chi connectivity index (χ4n) is 2.63. The summed E-state index contributed by atoms with van der Waals surface area (Å²) in [6, 6.07) is 17.8. The van der Waals surface area contributed by atoms with Crippen LogP contribution in [0.1, 0.15) is 54.1 Å². The van der Waals surface area contributed by atoms with Gasteiger partial charge in [0.1, 0.15) is 6.61 Å². The summed E-state index contributed by atoms with van der Waals surface area (Å²) in [6.07, 6.45) is 9.56. The van der Waals surface area contributed by atoms with Gasteiger partial charge in [0.05, 0.1) is 5.56 Å². The van der Waals surface area contributed by atoms with Crippen molar-refractivity contribution in [3.63, 3.8) is 0 Å². The van der Waals surface area contributed by atoms with Crippen LogP contribution in [0.4, 0.5) is 0 Å². The predicted octanol–water partition coefficient (Wildman–Crippen LogP) is 5.68. The van der Waals surface area contributed by atoms with Gasteiger partial charge < -0.3 is 4.74 Å². The van der Waals surface area contributed by atoms with Crippen molar-refractivity contribution in [3.8, 4) is 0 Å². The van der Waals surface area contributed by atoms with Crippen molar-refractivity contribution in [2.24, 2.45) is 0 Å². The van der Waals surface area contributed by atoms with E-state index in [4.69, 9.17) is 4.74 Å². The number of hydrogen-bond acceptors (Lipinski definition) is 2. The van der Waals surface area contributed by atoms with Gasteiger partial charge in [-0.1, -0.05) is 80.8 Å². The number of hydrogen-bond donors (Lipinski definition) is 0. The first-order chi connectivity index (χ1) is 11.8. The zero-order valence-electron chi connectivity index (χ0n) is 14.4. The Bertz CT molecular complexity index is 644. The highest BCUT2D eigenvalue weighted by Gasteiger charge is 2.11. The highest BCUT2D eigenvalue weighted by atomic mass is 16.5. The maximum absolute atomic E-state index is 12.3. The molecule has 0 atom stereocenters. The van der Waals surface area contributed by atoms with Gasteiger partial charge in [-0.2, -0.15) is 0 Å².